The Morgan fingerprint density at radius 3 is 2.71 bits per heavy atom. The Morgan fingerprint density at radius 1 is 1.03 bits per heavy atom. The van der Waals surface area contributed by atoms with E-state index in [0.717, 1.165) is 6.07 Å². The number of hydrogen-bond acceptors (Lipinski definition) is 7. The lowest BCUT2D eigenvalue weighted by atomic mass is 10.2. The zero-order chi connectivity index (χ0) is 21.6. The van der Waals surface area contributed by atoms with E-state index in [9.17, 15) is 14.0 Å². The number of anilines is 2. The monoisotopic (exact) mass is 421 g/mol. The summed E-state index contributed by atoms with van der Waals surface area (Å²) in [5, 5.41) is 9.00. The Kier molecular flexibility index (Phi) is 5.79. The van der Waals surface area contributed by atoms with Crippen molar-refractivity contribution in [1.29, 1.82) is 0 Å². The summed E-state index contributed by atoms with van der Waals surface area (Å²) in [5.41, 5.74) is 0.548. The Bertz CT molecular complexity index is 1190. The predicted octanol–water partition coefficient (Wildman–Crippen LogP) is 3.69. The van der Waals surface area contributed by atoms with Crippen LogP contribution in [0.15, 0.2) is 69.9 Å². The summed E-state index contributed by atoms with van der Waals surface area (Å²) in [5.74, 6) is -0.483. The summed E-state index contributed by atoms with van der Waals surface area (Å²) in [6, 6.07) is 11.9. The van der Waals surface area contributed by atoms with E-state index >= 15 is 0 Å². The van der Waals surface area contributed by atoms with Gasteiger partial charge in [0.25, 0.3) is 5.91 Å². The van der Waals surface area contributed by atoms with Crippen molar-refractivity contribution in [3.63, 3.8) is 0 Å². The number of nitrogens with one attached hydrogen (secondary N) is 2. The fraction of sp³-hybridized carbons (Fsp3) is 0.0952. The number of furan rings is 1. The maximum Gasteiger partial charge on any atom is 0.274 e. The van der Waals surface area contributed by atoms with E-state index in [1.807, 2.05) is 0 Å². The highest BCUT2D eigenvalue weighted by atomic mass is 19.1. The van der Waals surface area contributed by atoms with Gasteiger partial charge in [0.15, 0.2) is 5.76 Å². The van der Waals surface area contributed by atoms with Gasteiger partial charge in [-0.2, -0.15) is 4.98 Å². The molecule has 0 bridgehead atoms. The third kappa shape index (κ3) is 4.99. The highest BCUT2D eigenvalue weighted by molar-refractivity contribution is 6.06. The molecule has 0 saturated carbocycles. The number of aromatic nitrogens is 3. The molecule has 0 unspecified atom stereocenters. The molecule has 10 heteroatoms. The van der Waals surface area contributed by atoms with Gasteiger partial charge in [-0.15, -0.1) is 0 Å². The topological polar surface area (TPSA) is 123 Å². The van der Waals surface area contributed by atoms with Gasteiger partial charge in [0.05, 0.1) is 17.6 Å². The number of aryl methyl sites for hydroxylation is 1. The predicted molar refractivity (Wildman–Crippen MR) is 108 cm³/mol. The lowest BCUT2D eigenvalue weighted by Crippen LogP contribution is -2.18. The van der Waals surface area contributed by atoms with Crippen LogP contribution in [-0.4, -0.2) is 26.9 Å². The Morgan fingerprint density at radius 2 is 1.94 bits per heavy atom. The molecule has 9 nitrogen and oxygen atoms in total. The highest BCUT2D eigenvalue weighted by Gasteiger charge is 2.15. The smallest absolute Gasteiger partial charge is 0.274 e. The molecule has 0 spiro atoms. The van der Waals surface area contributed by atoms with E-state index in [2.05, 4.69) is 25.8 Å². The second-order valence-electron chi connectivity index (χ2n) is 6.40. The summed E-state index contributed by atoms with van der Waals surface area (Å²) < 4.78 is 24.0. The molecule has 2 N–H and O–H groups in total. The third-order valence-corrected chi connectivity index (χ3v) is 4.18. The Hall–Kier alpha value is -4.34. The second kappa shape index (κ2) is 8.99. The number of amides is 2. The minimum absolute atomic E-state index is 0.00390. The van der Waals surface area contributed by atoms with Crippen LogP contribution in [0, 0.1) is 5.82 Å². The van der Waals surface area contributed by atoms with Crippen molar-refractivity contribution in [2.24, 2.45) is 0 Å². The van der Waals surface area contributed by atoms with E-state index in [0.29, 0.717) is 5.76 Å². The van der Waals surface area contributed by atoms with Gasteiger partial charge in [0.1, 0.15) is 11.5 Å². The molecule has 0 aliphatic rings. The first-order valence-electron chi connectivity index (χ1n) is 9.27. The SMILES string of the molecule is O=C(CCc1nc(-c2ccco2)no1)Nc1cc(F)ccc1NC(=O)c1ccccn1. The largest absolute Gasteiger partial charge is 0.461 e. The number of hydrogen-bond donors (Lipinski definition) is 2. The van der Waals surface area contributed by atoms with Crippen LogP contribution in [-0.2, 0) is 11.2 Å². The van der Waals surface area contributed by atoms with Crippen LogP contribution >= 0.6 is 0 Å². The Labute approximate surface area is 175 Å². The van der Waals surface area contributed by atoms with Crippen molar-refractivity contribution in [3.05, 3.63) is 78.4 Å². The molecule has 0 saturated heterocycles. The molecular weight excluding hydrogens is 405 g/mol. The molecule has 0 atom stereocenters. The number of pyridine rings is 1. The highest BCUT2D eigenvalue weighted by Crippen LogP contribution is 2.24. The van der Waals surface area contributed by atoms with Crippen molar-refractivity contribution in [2.45, 2.75) is 12.8 Å². The lowest BCUT2D eigenvalue weighted by Gasteiger charge is -2.12. The summed E-state index contributed by atoms with van der Waals surface area (Å²) in [7, 11) is 0. The van der Waals surface area contributed by atoms with E-state index in [-0.39, 0.29) is 41.6 Å². The van der Waals surface area contributed by atoms with E-state index in [1.165, 1.54) is 24.6 Å². The first-order valence-corrected chi connectivity index (χ1v) is 9.27. The number of carbonyl (C=O) groups is 2. The van der Waals surface area contributed by atoms with Gasteiger partial charge in [-0.05, 0) is 42.5 Å². The number of benzene rings is 1. The number of nitrogens with zero attached hydrogens (tertiary/aromatic N) is 3. The molecule has 156 valence electrons. The minimum Gasteiger partial charge on any atom is -0.461 e. The molecule has 0 aliphatic heterocycles. The summed E-state index contributed by atoms with van der Waals surface area (Å²) in [6.45, 7) is 0. The van der Waals surface area contributed by atoms with Crippen molar-refractivity contribution in [2.75, 3.05) is 10.6 Å². The fourth-order valence-electron chi connectivity index (χ4n) is 2.71. The zero-order valence-electron chi connectivity index (χ0n) is 16.0. The van der Waals surface area contributed by atoms with E-state index < -0.39 is 17.6 Å². The van der Waals surface area contributed by atoms with Gasteiger partial charge in [0, 0.05) is 19.0 Å². The maximum atomic E-state index is 13.7. The molecule has 0 aliphatic carbocycles. The van der Waals surface area contributed by atoms with E-state index in [4.69, 9.17) is 8.94 Å². The van der Waals surface area contributed by atoms with Crippen LogP contribution < -0.4 is 10.6 Å². The quantitative estimate of drug-likeness (QED) is 0.466. The molecule has 3 heterocycles. The zero-order valence-corrected chi connectivity index (χ0v) is 16.0. The first-order chi connectivity index (χ1) is 15.1. The minimum atomic E-state index is -0.564. The maximum absolute atomic E-state index is 13.7. The lowest BCUT2D eigenvalue weighted by molar-refractivity contribution is -0.116. The van der Waals surface area contributed by atoms with E-state index in [1.54, 1.807) is 30.3 Å². The van der Waals surface area contributed by atoms with Gasteiger partial charge in [-0.25, -0.2) is 4.39 Å². The van der Waals surface area contributed by atoms with Crippen LogP contribution in [0.4, 0.5) is 15.8 Å². The van der Waals surface area contributed by atoms with Crippen LogP contribution in [0.3, 0.4) is 0 Å². The van der Waals surface area contributed by atoms with Gasteiger partial charge in [-0.1, -0.05) is 11.2 Å². The molecule has 0 fully saturated rings. The van der Waals surface area contributed by atoms with Gasteiger partial charge < -0.3 is 19.6 Å². The fourth-order valence-corrected chi connectivity index (χ4v) is 2.71. The third-order valence-electron chi connectivity index (χ3n) is 4.18. The van der Waals surface area contributed by atoms with Crippen molar-refractivity contribution in [3.8, 4) is 11.6 Å². The summed E-state index contributed by atoms with van der Waals surface area (Å²) in [6.07, 6.45) is 3.15. The van der Waals surface area contributed by atoms with Gasteiger partial charge in [0.2, 0.25) is 17.6 Å². The second-order valence-corrected chi connectivity index (χ2v) is 6.40. The molecule has 3 aromatic heterocycles. The summed E-state index contributed by atoms with van der Waals surface area (Å²) >= 11 is 0. The van der Waals surface area contributed by atoms with Gasteiger partial charge in [-0.3, -0.25) is 14.6 Å². The molecule has 0 radical (unpaired) electrons. The molecule has 31 heavy (non-hydrogen) atoms. The standard InChI is InChI=1S/C21H16FN5O4/c22-13-6-7-14(25-21(29)15-4-1-2-10-23-15)16(12-13)24-18(28)8-9-19-26-20(27-31-19)17-5-3-11-30-17/h1-7,10-12H,8-9H2,(H,24,28)(H,25,29). The number of halogens is 1. The van der Waals surface area contributed by atoms with Gasteiger partial charge >= 0.3 is 0 Å². The van der Waals surface area contributed by atoms with Crippen LogP contribution in [0.5, 0.6) is 0 Å². The molecule has 2 amide bonds. The Balaban J connectivity index is 1.39. The van der Waals surface area contributed by atoms with Crippen molar-refractivity contribution < 1.29 is 22.9 Å². The number of rotatable bonds is 7. The molecule has 4 rings (SSSR count). The normalized spacial score (nSPS) is 10.6. The first kappa shape index (κ1) is 20.0. The molecular formula is C21H16FN5O4. The molecule has 1 aromatic carbocycles. The average molecular weight is 421 g/mol. The molecule has 4 aromatic rings. The van der Waals surface area contributed by atoms with Crippen LogP contribution in [0.25, 0.3) is 11.6 Å². The van der Waals surface area contributed by atoms with Crippen molar-refractivity contribution in [1.82, 2.24) is 15.1 Å². The summed E-state index contributed by atoms with van der Waals surface area (Å²) in [4.78, 5) is 32.8. The van der Waals surface area contributed by atoms with Crippen molar-refractivity contribution >= 4 is 23.2 Å². The van der Waals surface area contributed by atoms with Crippen LogP contribution in [0.2, 0.25) is 0 Å². The van der Waals surface area contributed by atoms with Crippen LogP contribution in [0.1, 0.15) is 22.8 Å². The number of carbonyl (C=O) groups excluding carboxylic acids is 2. The average Bonchev–Trinajstić information content (AvgIpc) is 3.47.